The molecule has 0 aliphatic rings. The van der Waals surface area contributed by atoms with Crippen molar-refractivity contribution >= 4 is 34.0 Å². The van der Waals surface area contributed by atoms with E-state index in [0.29, 0.717) is 6.04 Å². The average molecular weight is 313 g/mol. The van der Waals surface area contributed by atoms with Gasteiger partial charge in [-0.2, -0.15) is 0 Å². The van der Waals surface area contributed by atoms with Crippen molar-refractivity contribution in [2.75, 3.05) is 5.32 Å². The van der Waals surface area contributed by atoms with Crippen molar-refractivity contribution in [3.05, 3.63) is 64.6 Å². The molecule has 0 saturated heterocycles. The number of benzene rings is 2. The van der Waals surface area contributed by atoms with Crippen LogP contribution in [0.15, 0.2) is 59.1 Å². The fourth-order valence-corrected chi connectivity index (χ4v) is 2.05. The summed E-state index contributed by atoms with van der Waals surface area (Å²) in [5.41, 5.74) is 2.42. The summed E-state index contributed by atoms with van der Waals surface area (Å²) in [5, 5.41) is 3.47. The van der Waals surface area contributed by atoms with Crippen molar-refractivity contribution in [2.45, 2.75) is 13.0 Å². The lowest BCUT2D eigenvalue weighted by atomic mass is 10.1. The SMILES string of the molecule is C[C@H](Nc1cccc(Br)c1)c1ccccc1.Cl. The second kappa shape index (κ2) is 6.67. The Morgan fingerprint density at radius 1 is 1.00 bits per heavy atom. The summed E-state index contributed by atoms with van der Waals surface area (Å²) in [6.07, 6.45) is 0. The molecule has 2 aromatic carbocycles. The minimum absolute atomic E-state index is 0. The Kier molecular flexibility index (Phi) is 5.52. The average Bonchev–Trinajstić information content (AvgIpc) is 2.30. The van der Waals surface area contributed by atoms with Crippen molar-refractivity contribution in [1.29, 1.82) is 0 Å². The van der Waals surface area contributed by atoms with Gasteiger partial charge in [-0.1, -0.05) is 52.3 Å². The summed E-state index contributed by atoms with van der Waals surface area (Å²) >= 11 is 3.47. The van der Waals surface area contributed by atoms with E-state index in [1.165, 1.54) is 5.56 Å². The number of rotatable bonds is 3. The van der Waals surface area contributed by atoms with Crippen LogP contribution in [-0.2, 0) is 0 Å². The van der Waals surface area contributed by atoms with Gasteiger partial charge < -0.3 is 5.32 Å². The zero-order valence-electron chi connectivity index (χ0n) is 9.56. The molecule has 17 heavy (non-hydrogen) atoms. The predicted molar refractivity (Wildman–Crippen MR) is 79.9 cm³/mol. The summed E-state index contributed by atoms with van der Waals surface area (Å²) < 4.78 is 1.10. The van der Waals surface area contributed by atoms with Crippen molar-refractivity contribution in [3.8, 4) is 0 Å². The van der Waals surface area contributed by atoms with Gasteiger partial charge in [-0.15, -0.1) is 12.4 Å². The third kappa shape index (κ3) is 4.06. The van der Waals surface area contributed by atoms with Crippen LogP contribution in [0.3, 0.4) is 0 Å². The Balaban J connectivity index is 0.00000144. The lowest BCUT2D eigenvalue weighted by Crippen LogP contribution is -2.06. The maximum atomic E-state index is 3.47. The lowest BCUT2D eigenvalue weighted by molar-refractivity contribution is 0.885. The first-order valence-corrected chi connectivity index (χ1v) is 6.12. The van der Waals surface area contributed by atoms with Gasteiger partial charge in [-0.25, -0.2) is 0 Å². The van der Waals surface area contributed by atoms with E-state index in [1.807, 2.05) is 18.2 Å². The third-order valence-corrected chi connectivity index (χ3v) is 3.00. The lowest BCUT2D eigenvalue weighted by Gasteiger charge is -2.15. The van der Waals surface area contributed by atoms with Crippen LogP contribution in [0.25, 0.3) is 0 Å². The molecule has 0 heterocycles. The topological polar surface area (TPSA) is 12.0 Å². The molecule has 0 amide bonds. The van der Waals surface area contributed by atoms with Gasteiger partial charge in [0.1, 0.15) is 0 Å². The number of anilines is 1. The quantitative estimate of drug-likeness (QED) is 0.837. The molecule has 0 radical (unpaired) electrons. The van der Waals surface area contributed by atoms with Crippen LogP contribution in [-0.4, -0.2) is 0 Å². The van der Waals surface area contributed by atoms with Crippen molar-refractivity contribution < 1.29 is 0 Å². The van der Waals surface area contributed by atoms with E-state index in [-0.39, 0.29) is 12.4 Å². The van der Waals surface area contributed by atoms with Gasteiger partial charge in [-0.05, 0) is 30.7 Å². The highest BCUT2D eigenvalue weighted by Crippen LogP contribution is 2.21. The molecule has 0 aliphatic carbocycles. The second-order valence-electron chi connectivity index (χ2n) is 3.79. The van der Waals surface area contributed by atoms with Gasteiger partial charge in [-0.3, -0.25) is 0 Å². The minimum atomic E-state index is 0. The van der Waals surface area contributed by atoms with Gasteiger partial charge >= 0.3 is 0 Å². The molecule has 2 aromatic rings. The molecule has 1 nitrogen and oxygen atoms in total. The summed E-state index contributed by atoms with van der Waals surface area (Å²) in [6, 6.07) is 19.0. The Morgan fingerprint density at radius 3 is 2.35 bits per heavy atom. The highest BCUT2D eigenvalue weighted by Gasteiger charge is 2.03. The molecule has 0 aliphatic heterocycles. The van der Waals surface area contributed by atoms with Crippen LogP contribution in [0.2, 0.25) is 0 Å². The van der Waals surface area contributed by atoms with Gasteiger partial charge in [0.05, 0.1) is 0 Å². The number of hydrogen-bond acceptors (Lipinski definition) is 1. The van der Waals surface area contributed by atoms with Crippen molar-refractivity contribution in [2.24, 2.45) is 0 Å². The van der Waals surface area contributed by atoms with Gasteiger partial charge in [0.2, 0.25) is 0 Å². The Labute approximate surface area is 117 Å². The molecule has 2 rings (SSSR count). The zero-order valence-corrected chi connectivity index (χ0v) is 12.0. The molecule has 0 unspecified atom stereocenters. The minimum Gasteiger partial charge on any atom is -0.378 e. The first-order chi connectivity index (χ1) is 7.75. The van der Waals surface area contributed by atoms with E-state index in [0.717, 1.165) is 10.2 Å². The largest absolute Gasteiger partial charge is 0.378 e. The van der Waals surface area contributed by atoms with Crippen LogP contribution in [0.1, 0.15) is 18.5 Å². The number of hydrogen-bond donors (Lipinski definition) is 1. The molecule has 1 atom stereocenters. The van der Waals surface area contributed by atoms with E-state index in [4.69, 9.17) is 0 Å². The highest BCUT2D eigenvalue weighted by molar-refractivity contribution is 9.10. The fourth-order valence-electron chi connectivity index (χ4n) is 1.65. The van der Waals surface area contributed by atoms with Gasteiger partial charge in [0.25, 0.3) is 0 Å². The first-order valence-electron chi connectivity index (χ1n) is 5.33. The molecule has 3 heteroatoms. The number of halogens is 2. The zero-order chi connectivity index (χ0) is 11.4. The maximum absolute atomic E-state index is 3.47. The Bertz CT molecular complexity index is 459. The normalized spacial score (nSPS) is 11.4. The molecule has 0 fully saturated rings. The molecule has 90 valence electrons. The molecular formula is C14H15BrClN. The van der Waals surface area contributed by atoms with E-state index in [1.54, 1.807) is 0 Å². The molecule has 0 spiro atoms. The highest BCUT2D eigenvalue weighted by atomic mass is 79.9. The number of nitrogens with one attached hydrogen (secondary N) is 1. The van der Waals surface area contributed by atoms with E-state index in [2.05, 4.69) is 64.6 Å². The molecule has 0 aromatic heterocycles. The molecule has 0 bridgehead atoms. The van der Waals surface area contributed by atoms with E-state index >= 15 is 0 Å². The maximum Gasteiger partial charge on any atom is 0.0485 e. The second-order valence-corrected chi connectivity index (χ2v) is 4.70. The molecular weight excluding hydrogens is 298 g/mol. The molecule has 1 N–H and O–H groups in total. The fraction of sp³-hybridized carbons (Fsp3) is 0.143. The standard InChI is InChI=1S/C14H14BrN.ClH/c1-11(12-6-3-2-4-7-12)16-14-9-5-8-13(15)10-14;/h2-11,16H,1H3;1H/t11-;/m0./s1. The van der Waals surface area contributed by atoms with Crippen LogP contribution in [0.4, 0.5) is 5.69 Å². The van der Waals surface area contributed by atoms with Crippen molar-refractivity contribution in [1.82, 2.24) is 0 Å². The van der Waals surface area contributed by atoms with Crippen LogP contribution in [0.5, 0.6) is 0 Å². The van der Waals surface area contributed by atoms with E-state index in [9.17, 15) is 0 Å². The Morgan fingerprint density at radius 2 is 1.71 bits per heavy atom. The molecule has 0 saturated carbocycles. The Hall–Kier alpha value is -0.990. The van der Waals surface area contributed by atoms with Crippen LogP contribution in [0, 0.1) is 0 Å². The summed E-state index contributed by atoms with van der Waals surface area (Å²) in [6.45, 7) is 2.16. The van der Waals surface area contributed by atoms with Gasteiger partial charge in [0.15, 0.2) is 0 Å². The van der Waals surface area contributed by atoms with E-state index < -0.39 is 0 Å². The van der Waals surface area contributed by atoms with Crippen LogP contribution >= 0.6 is 28.3 Å². The van der Waals surface area contributed by atoms with Gasteiger partial charge in [0, 0.05) is 16.2 Å². The van der Waals surface area contributed by atoms with Crippen LogP contribution < -0.4 is 5.32 Å². The summed E-state index contributed by atoms with van der Waals surface area (Å²) in [5.74, 6) is 0. The van der Waals surface area contributed by atoms with Crippen molar-refractivity contribution in [3.63, 3.8) is 0 Å². The predicted octanol–water partition coefficient (Wildman–Crippen LogP) is 5.04. The summed E-state index contributed by atoms with van der Waals surface area (Å²) in [4.78, 5) is 0. The smallest absolute Gasteiger partial charge is 0.0485 e. The third-order valence-electron chi connectivity index (χ3n) is 2.51. The monoisotopic (exact) mass is 311 g/mol. The first kappa shape index (κ1) is 14.1. The summed E-state index contributed by atoms with van der Waals surface area (Å²) in [7, 11) is 0.